The number of likely N-dealkylation sites (tertiary alicyclic amines) is 1. The Morgan fingerprint density at radius 3 is 3.05 bits per heavy atom. The van der Waals surface area contributed by atoms with E-state index in [-0.39, 0.29) is 0 Å². The Bertz CT molecular complexity index is 447. The van der Waals surface area contributed by atoms with E-state index in [2.05, 4.69) is 26.6 Å². The van der Waals surface area contributed by atoms with Crippen molar-refractivity contribution in [1.82, 2.24) is 9.80 Å². The lowest BCUT2D eigenvalue weighted by atomic mass is 10.1. The molecule has 3 aliphatic rings. The molecule has 116 valence electrons. The molecule has 3 saturated heterocycles. The van der Waals surface area contributed by atoms with Gasteiger partial charge in [0.15, 0.2) is 0 Å². The topological polar surface area (TPSA) is 24.9 Å². The Balaban J connectivity index is 1.37. The number of rotatable bonds is 4. The predicted octanol–water partition coefficient (Wildman–Crippen LogP) is 1.81. The maximum atomic E-state index is 6.02. The van der Waals surface area contributed by atoms with E-state index in [4.69, 9.17) is 9.47 Å². The standard InChI is InChI=1S/C16H24N2O2S/c1-2-14(19-5-1)9-18-4-6-20-16-11-17(10-15(16)18)8-13-3-7-21-12-13/h3,7,12,14-16H,1-2,4-6,8-11H2/t14?,15-,16+/m1/s1. The van der Waals surface area contributed by atoms with Crippen LogP contribution in [0.2, 0.25) is 0 Å². The van der Waals surface area contributed by atoms with Crippen LogP contribution in [-0.2, 0) is 16.0 Å². The molecule has 4 rings (SSSR count). The minimum Gasteiger partial charge on any atom is -0.377 e. The van der Waals surface area contributed by atoms with Gasteiger partial charge in [-0.05, 0) is 35.2 Å². The number of thiophene rings is 1. The van der Waals surface area contributed by atoms with E-state index < -0.39 is 0 Å². The van der Waals surface area contributed by atoms with Gasteiger partial charge in [-0.25, -0.2) is 0 Å². The van der Waals surface area contributed by atoms with Gasteiger partial charge in [0.2, 0.25) is 0 Å². The molecule has 3 atom stereocenters. The molecule has 0 saturated carbocycles. The number of morpholine rings is 1. The van der Waals surface area contributed by atoms with Gasteiger partial charge in [0.05, 0.1) is 18.8 Å². The normalized spacial score (nSPS) is 34.4. The molecule has 0 radical (unpaired) electrons. The summed E-state index contributed by atoms with van der Waals surface area (Å²) in [5.41, 5.74) is 1.43. The van der Waals surface area contributed by atoms with Gasteiger partial charge in [0.1, 0.15) is 0 Å². The number of hydrogen-bond acceptors (Lipinski definition) is 5. The van der Waals surface area contributed by atoms with Gasteiger partial charge >= 0.3 is 0 Å². The number of nitrogens with zero attached hydrogens (tertiary/aromatic N) is 2. The first-order chi connectivity index (χ1) is 10.4. The van der Waals surface area contributed by atoms with Crippen LogP contribution in [0.25, 0.3) is 0 Å². The fourth-order valence-electron chi connectivity index (χ4n) is 3.88. The van der Waals surface area contributed by atoms with Crippen LogP contribution in [-0.4, -0.2) is 67.4 Å². The molecule has 4 heterocycles. The molecule has 1 unspecified atom stereocenters. The average Bonchev–Trinajstić information content (AvgIpc) is 3.20. The van der Waals surface area contributed by atoms with Gasteiger partial charge in [-0.3, -0.25) is 9.80 Å². The lowest BCUT2D eigenvalue weighted by molar-refractivity contribution is -0.0615. The van der Waals surface area contributed by atoms with E-state index in [1.807, 2.05) is 0 Å². The maximum absolute atomic E-state index is 6.02. The van der Waals surface area contributed by atoms with E-state index in [0.717, 1.165) is 45.9 Å². The van der Waals surface area contributed by atoms with Crippen molar-refractivity contribution in [3.05, 3.63) is 22.4 Å². The summed E-state index contributed by atoms with van der Waals surface area (Å²) in [6.45, 7) is 7.25. The quantitative estimate of drug-likeness (QED) is 0.847. The van der Waals surface area contributed by atoms with Gasteiger partial charge in [0.25, 0.3) is 0 Å². The first kappa shape index (κ1) is 14.2. The molecule has 21 heavy (non-hydrogen) atoms. The van der Waals surface area contributed by atoms with Gasteiger partial charge in [-0.2, -0.15) is 11.3 Å². The Morgan fingerprint density at radius 1 is 1.24 bits per heavy atom. The van der Waals surface area contributed by atoms with Crippen molar-refractivity contribution in [2.75, 3.05) is 39.4 Å². The summed E-state index contributed by atoms with van der Waals surface area (Å²) in [6, 6.07) is 2.79. The van der Waals surface area contributed by atoms with Crippen LogP contribution >= 0.6 is 11.3 Å². The zero-order valence-corrected chi connectivity index (χ0v) is 13.3. The van der Waals surface area contributed by atoms with Crippen molar-refractivity contribution in [1.29, 1.82) is 0 Å². The molecule has 0 bridgehead atoms. The number of ether oxygens (including phenoxy) is 2. The van der Waals surface area contributed by atoms with Crippen LogP contribution in [0.4, 0.5) is 0 Å². The van der Waals surface area contributed by atoms with Crippen LogP contribution in [0.5, 0.6) is 0 Å². The third kappa shape index (κ3) is 3.17. The molecule has 0 aromatic carbocycles. The molecular weight excluding hydrogens is 284 g/mol. The molecule has 0 amide bonds. The van der Waals surface area contributed by atoms with E-state index in [9.17, 15) is 0 Å². The molecule has 3 aliphatic heterocycles. The van der Waals surface area contributed by atoms with E-state index in [1.54, 1.807) is 11.3 Å². The molecule has 1 aromatic rings. The fraction of sp³-hybridized carbons (Fsp3) is 0.750. The summed E-state index contributed by atoms with van der Waals surface area (Å²) in [4.78, 5) is 5.17. The Hall–Kier alpha value is -0.460. The lowest BCUT2D eigenvalue weighted by Crippen LogP contribution is -2.52. The highest BCUT2D eigenvalue weighted by molar-refractivity contribution is 7.07. The number of fused-ring (bicyclic) bond motifs is 1. The molecule has 5 heteroatoms. The molecule has 0 spiro atoms. The van der Waals surface area contributed by atoms with Crippen molar-refractivity contribution in [3.63, 3.8) is 0 Å². The lowest BCUT2D eigenvalue weighted by Gasteiger charge is -2.38. The van der Waals surface area contributed by atoms with Crippen molar-refractivity contribution < 1.29 is 9.47 Å². The summed E-state index contributed by atoms with van der Waals surface area (Å²) in [6.07, 6.45) is 3.30. The highest BCUT2D eigenvalue weighted by Crippen LogP contribution is 2.26. The summed E-state index contributed by atoms with van der Waals surface area (Å²) in [5, 5.41) is 4.42. The average molecular weight is 308 g/mol. The summed E-state index contributed by atoms with van der Waals surface area (Å²) >= 11 is 1.79. The molecule has 4 nitrogen and oxygen atoms in total. The molecular formula is C16H24N2O2S. The van der Waals surface area contributed by atoms with Gasteiger partial charge in [-0.1, -0.05) is 0 Å². The van der Waals surface area contributed by atoms with Crippen LogP contribution in [0.15, 0.2) is 16.8 Å². The second-order valence-electron chi connectivity index (χ2n) is 6.43. The monoisotopic (exact) mass is 308 g/mol. The van der Waals surface area contributed by atoms with Crippen molar-refractivity contribution in [2.24, 2.45) is 0 Å². The van der Waals surface area contributed by atoms with Crippen LogP contribution < -0.4 is 0 Å². The molecule has 1 aromatic heterocycles. The number of hydrogen-bond donors (Lipinski definition) is 0. The molecule has 3 fully saturated rings. The minimum absolute atomic E-state index is 0.388. The second-order valence-corrected chi connectivity index (χ2v) is 7.21. The minimum atomic E-state index is 0.388. The zero-order chi connectivity index (χ0) is 14.1. The Labute approximate surface area is 130 Å². The SMILES string of the molecule is c1cc(CN2C[C@@H]3OCCN(CC4CCCO4)[C@@H]3C2)cs1. The highest BCUT2D eigenvalue weighted by Gasteiger charge is 2.40. The zero-order valence-electron chi connectivity index (χ0n) is 12.4. The van der Waals surface area contributed by atoms with Gasteiger partial charge < -0.3 is 9.47 Å². The van der Waals surface area contributed by atoms with Crippen molar-refractivity contribution in [3.8, 4) is 0 Å². The first-order valence-electron chi connectivity index (χ1n) is 8.09. The highest BCUT2D eigenvalue weighted by atomic mass is 32.1. The molecule has 0 N–H and O–H groups in total. The third-order valence-electron chi connectivity index (χ3n) is 4.94. The smallest absolute Gasteiger partial charge is 0.0870 e. The Kier molecular flexibility index (Phi) is 4.27. The first-order valence-corrected chi connectivity index (χ1v) is 9.03. The van der Waals surface area contributed by atoms with Crippen LogP contribution in [0.1, 0.15) is 18.4 Å². The summed E-state index contributed by atoms with van der Waals surface area (Å²) in [7, 11) is 0. The van der Waals surface area contributed by atoms with Crippen molar-refractivity contribution >= 4 is 11.3 Å². The second kappa shape index (κ2) is 6.34. The Morgan fingerprint density at radius 2 is 2.24 bits per heavy atom. The van der Waals surface area contributed by atoms with Gasteiger partial charge in [0, 0.05) is 45.4 Å². The van der Waals surface area contributed by atoms with Crippen molar-refractivity contribution in [2.45, 2.75) is 37.6 Å². The third-order valence-corrected chi connectivity index (χ3v) is 5.67. The summed E-state index contributed by atoms with van der Waals surface area (Å²) < 4.78 is 11.8. The maximum Gasteiger partial charge on any atom is 0.0870 e. The van der Waals surface area contributed by atoms with E-state index in [1.165, 1.54) is 18.4 Å². The van der Waals surface area contributed by atoms with E-state index >= 15 is 0 Å². The predicted molar refractivity (Wildman–Crippen MR) is 83.7 cm³/mol. The largest absolute Gasteiger partial charge is 0.377 e. The summed E-state index contributed by atoms with van der Waals surface area (Å²) in [5.74, 6) is 0. The fourth-order valence-corrected chi connectivity index (χ4v) is 4.54. The van der Waals surface area contributed by atoms with E-state index in [0.29, 0.717) is 18.2 Å². The van der Waals surface area contributed by atoms with Crippen LogP contribution in [0, 0.1) is 0 Å². The van der Waals surface area contributed by atoms with Gasteiger partial charge in [-0.15, -0.1) is 0 Å². The van der Waals surface area contributed by atoms with Crippen LogP contribution in [0.3, 0.4) is 0 Å². The molecule has 0 aliphatic carbocycles.